The average molecular weight is 671 g/mol. The van der Waals surface area contributed by atoms with Crippen molar-refractivity contribution in [3.05, 3.63) is 155 Å². The van der Waals surface area contributed by atoms with E-state index in [1.54, 1.807) is 59.7 Å². The quantitative estimate of drug-likeness (QED) is 0.124. The second kappa shape index (κ2) is 13.9. The highest BCUT2D eigenvalue weighted by molar-refractivity contribution is 7.98. The number of ether oxygens (including phenoxy) is 2. The third-order valence-electron chi connectivity index (χ3n) is 7.37. The molecule has 10 heteroatoms. The van der Waals surface area contributed by atoms with E-state index in [0.29, 0.717) is 31.4 Å². The number of nitrogens with zero attached hydrogens (tertiary/aromatic N) is 2. The molecular weight excluding hydrogens is 643 g/mol. The molecule has 6 nitrogen and oxygen atoms in total. The topological polar surface area (TPSA) is 69.9 Å². The van der Waals surface area contributed by atoms with Gasteiger partial charge in [-0.05, 0) is 72.8 Å². The van der Waals surface area contributed by atoms with E-state index >= 15 is 0 Å². The molecule has 232 valence electrons. The molecule has 0 bridgehead atoms. The Morgan fingerprint density at radius 1 is 1.04 bits per heavy atom. The molecule has 6 rings (SSSR count). The molecule has 0 spiro atoms. The van der Waals surface area contributed by atoms with Gasteiger partial charge in [0.2, 0.25) is 0 Å². The van der Waals surface area contributed by atoms with Crippen molar-refractivity contribution in [2.45, 2.75) is 24.5 Å². The Morgan fingerprint density at radius 3 is 2.48 bits per heavy atom. The zero-order valence-corrected chi connectivity index (χ0v) is 27.3. The minimum atomic E-state index is -0.780. The summed E-state index contributed by atoms with van der Waals surface area (Å²) >= 11 is 9.20. The Bertz CT molecular complexity index is 2110. The van der Waals surface area contributed by atoms with Crippen molar-refractivity contribution in [2.75, 3.05) is 12.9 Å². The summed E-state index contributed by atoms with van der Waals surface area (Å²) in [5, 5.41) is 0.468. The highest BCUT2D eigenvalue weighted by Gasteiger charge is 2.35. The van der Waals surface area contributed by atoms with Crippen molar-refractivity contribution in [3.63, 3.8) is 0 Å². The van der Waals surface area contributed by atoms with E-state index in [9.17, 15) is 14.0 Å². The van der Waals surface area contributed by atoms with E-state index in [0.717, 1.165) is 21.6 Å². The van der Waals surface area contributed by atoms with Gasteiger partial charge in [0.05, 0.1) is 28.5 Å². The van der Waals surface area contributed by atoms with Gasteiger partial charge in [-0.15, -0.1) is 11.8 Å². The van der Waals surface area contributed by atoms with Crippen LogP contribution < -0.4 is 19.6 Å². The van der Waals surface area contributed by atoms with Gasteiger partial charge in [0, 0.05) is 21.0 Å². The highest BCUT2D eigenvalue weighted by atomic mass is 35.5. The summed E-state index contributed by atoms with van der Waals surface area (Å²) in [6.45, 7) is 2.11. The number of hydrogen-bond acceptors (Lipinski definition) is 7. The highest BCUT2D eigenvalue weighted by Crippen LogP contribution is 2.36. The van der Waals surface area contributed by atoms with Gasteiger partial charge in [-0.2, -0.15) is 0 Å². The first-order valence-corrected chi connectivity index (χ1v) is 16.9. The van der Waals surface area contributed by atoms with Gasteiger partial charge in [-0.1, -0.05) is 77.5 Å². The number of thiazole rings is 1. The lowest BCUT2D eigenvalue weighted by atomic mass is 9.93. The SMILES string of the molecule is CCOC(=O)C1=C(c2ccccc2)N=c2s/c(=C\c3cc(Cl)ccc3OCc3ccc(F)cc3)c(=O)n2[C@H]1c1ccc(SC)cc1. The number of carbonyl (C=O) groups is 1. The predicted molar refractivity (Wildman–Crippen MR) is 181 cm³/mol. The molecular formula is C36H28ClFN2O4S2. The normalized spacial score (nSPS) is 14.5. The van der Waals surface area contributed by atoms with E-state index < -0.39 is 12.0 Å². The largest absolute Gasteiger partial charge is 0.488 e. The number of thioether (sulfide) groups is 1. The predicted octanol–water partition coefficient (Wildman–Crippen LogP) is 7.03. The number of fused-ring (bicyclic) bond motifs is 1. The van der Waals surface area contributed by atoms with E-state index in [1.165, 1.54) is 23.5 Å². The summed E-state index contributed by atoms with van der Waals surface area (Å²) in [5.74, 6) is -0.364. The van der Waals surface area contributed by atoms with Crippen molar-refractivity contribution in [1.82, 2.24) is 4.57 Å². The molecule has 0 amide bonds. The van der Waals surface area contributed by atoms with Crippen LogP contribution in [-0.4, -0.2) is 23.4 Å². The number of rotatable bonds is 9. The Balaban J connectivity index is 1.53. The minimum Gasteiger partial charge on any atom is -0.488 e. The Morgan fingerprint density at radius 2 is 1.78 bits per heavy atom. The van der Waals surface area contributed by atoms with Crippen LogP contribution in [0.2, 0.25) is 5.02 Å². The van der Waals surface area contributed by atoms with Crippen LogP contribution >= 0.6 is 34.7 Å². The van der Waals surface area contributed by atoms with E-state index in [1.807, 2.05) is 60.9 Å². The van der Waals surface area contributed by atoms with Crippen LogP contribution in [0.5, 0.6) is 5.75 Å². The number of carbonyl (C=O) groups excluding carboxylic acids is 1. The van der Waals surface area contributed by atoms with Crippen molar-refractivity contribution in [1.29, 1.82) is 0 Å². The zero-order chi connectivity index (χ0) is 32.2. The van der Waals surface area contributed by atoms with Gasteiger partial charge in [-0.3, -0.25) is 9.36 Å². The fraction of sp³-hybridized carbons (Fsp3) is 0.139. The van der Waals surface area contributed by atoms with Gasteiger partial charge < -0.3 is 9.47 Å². The van der Waals surface area contributed by atoms with Crippen LogP contribution in [0.15, 0.2) is 117 Å². The van der Waals surface area contributed by atoms with Crippen LogP contribution in [0, 0.1) is 5.82 Å². The third kappa shape index (κ3) is 6.58. The molecule has 0 fully saturated rings. The average Bonchev–Trinajstić information content (AvgIpc) is 3.39. The first-order chi connectivity index (χ1) is 22.4. The molecule has 2 heterocycles. The first-order valence-electron chi connectivity index (χ1n) is 14.5. The maximum Gasteiger partial charge on any atom is 0.338 e. The number of aromatic nitrogens is 1. The molecule has 4 aromatic carbocycles. The molecule has 0 saturated heterocycles. The smallest absolute Gasteiger partial charge is 0.338 e. The van der Waals surface area contributed by atoms with Crippen molar-refractivity contribution in [3.8, 4) is 5.75 Å². The monoisotopic (exact) mass is 670 g/mol. The van der Waals surface area contributed by atoms with Gasteiger partial charge in [-0.25, -0.2) is 14.2 Å². The maximum absolute atomic E-state index is 14.3. The Labute approximate surface area is 278 Å². The molecule has 1 aliphatic rings. The summed E-state index contributed by atoms with van der Waals surface area (Å²) in [6.07, 6.45) is 3.71. The molecule has 0 N–H and O–H groups in total. The lowest BCUT2D eigenvalue weighted by molar-refractivity contribution is -0.138. The van der Waals surface area contributed by atoms with Crippen LogP contribution in [0.25, 0.3) is 11.8 Å². The summed E-state index contributed by atoms with van der Waals surface area (Å²) in [6, 6.07) is 27.7. The van der Waals surface area contributed by atoms with Gasteiger partial charge >= 0.3 is 5.97 Å². The second-order valence-electron chi connectivity index (χ2n) is 10.3. The van der Waals surface area contributed by atoms with Crippen LogP contribution in [0.1, 0.15) is 35.2 Å². The maximum atomic E-state index is 14.3. The fourth-order valence-corrected chi connectivity index (χ4v) is 6.77. The van der Waals surface area contributed by atoms with Crippen molar-refractivity contribution >= 4 is 52.4 Å². The molecule has 1 aromatic heterocycles. The molecule has 5 aromatic rings. The van der Waals surface area contributed by atoms with E-state index in [2.05, 4.69) is 0 Å². The van der Waals surface area contributed by atoms with Gasteiger partial charge in [0.25, 0.3) is 5.56 Å². The number of esters is 1. The van der Waals surface area contributed by atoms with Crippen molar-refractivity contribution < 1.29 is 18.7 Å². The summed E-state index contributed by atoms with van der Waals surface area (Å²) < 4.78 is 27.0. The third-order valence-corrected chi connectivity index (χ3v) is 9.33. The number of halogens is 2. The van der Waals surface area contributed by atoms with Crippen LogP contribution in [0.4, 0.5) is 4.39 Å². The summed E-state index contributed by atoms with van der Waals surface area (Å²) in [7, 11) is 0. The minimum absolute atomic E-state index is 0.169. The van der Waals surface area contributed by atoms with Gasteiger partial charge in [0.1, 0.15) is 18.2 Å². The van der Waals surface area contributed by atoms with Gasteiger partial charge in [0.15, 0.2) is 4.80 Å². The van der Waals surface area contributed by atoms with E-state index in [4.69, 9.17) is 26.1 Å². The molecule has 0 saturated carbocycles. The Kier molecular flexibility index (Phi) is 9.53. The molecule has 1 atom stereocenters. The lowest BCUT2D eigenvalue weighted by Crippen LogP contribution is -2.40. The summed E-state index contributed by atoms with van der Waals surface area (Å²) in [4.78, 5) is 34.4. The molecule has 0 aliphatic carbocycles. The van der Waals surface area contributed by atoms with Crippen LogP contribution in [0.3, 0.4) is 0 Å². The van der Waals surface area contributed by atoms with Crippen molar-refractivity contribution in [2.24, 2.45) is 4.99 Å². The summed E-state index contributed by atoms with van der Waals surface area (Å²) in [5.41, 5.74) is 3.29. The van der Waals surface area contributed by atoms with E-state index in [-0.39, 0.29) is 30.2 Å². The standard InChI is InChI=1S/C36H28ClFN2O4S2/c1-3-43-35(42)31-32(23-7-5-4-6-8-23)39-36-40(33(31)24-11-16-28(45-2)17-12-24)34(41)30(46-36)20-25-19-26(37)13-18-29(25)44-21-22-9-14-27(38)15-10-22/h4-20,33H,3,21H2,1-2H3/b30-20-/t33-/m0/s1. The fourth-order valence-electron chi connectivity index (χ4n) is 5.19. The number of hydrogen-bond donors (Lipinski definition) is 0. The molecule has 46 heavy (non-hydrogen) atoms. The Hall–Kier alpha value is -4.44. The molecule has 1 aliphatic heterocycles. The molecule has 0 radical (unpaired) electrons. The number of benzene rings is 4. The second-order valence-corrected chi connectivity index (χ2v) is 12.6. The molecule has 0 unspecified atom stereocenters. The van der Waals surface area contributed by atoms with Crippen LogP contribution in [-0.2, 0) is 16.1 Å². The first kappa shape index (κ1) is 31.5. The zero-order valence-electron chi connectivity index (χ0n) is 24.9. The lowest BCUT2D eigenvalue weighted by Gasteiger charge is -2.26.